The van der Waals surface area contributed by atoms with Crippen LogP contribution in [0.3, 0.4) is 0 Å². The summed E-state index contributed by atoms with van der Waals surface area (Å²) in [6.45, 7) is 4.55. The Hall–Kier alpha value is -1.22. The lowest BCUT2D eigenvalue weighted by Gasteiger charge is -2.37. The second-order valence-corrected chi connectivity index (χ2v) is 10.3. The molecule has 0 bridgehead atoms. The molecule has 3 rings (SSSR count). The van der Waals surface area contributed by atoms with Crippen LogP contribution in [0.1, 0.15) is 121 Å². The molecule has 1 aromatic rings. The van der Waals surface area contributed by atoms with Crippen LogP contribution in [0.5, 0.6) is 0 Å². The van der Waals surface area contributed by atoms with Gasteiger partial charge >= 0.3 is 0 Å². The fourth-order valence-electron chi connectivity index (χ4n) is 5.95. The average Bonchev–Trinajstić information content (AvgIpc) is 2.79. The summed E-state index contributed by atoms with van der Waals surface area (Å²) < 4.78 is 0. The lowest BCUT2D eigenvalue weighted by Crippen LogP contribution is -2.25. The predicted octanol–water partition coefficient (Wildman–Crippen LogP) is 8.96. The van der Waals surface area contributed by atoms with Crippen LogP contribution in [-0.4, -0.2) is 0 Å². The van der Waals surface area contributed by atoms with Crippen molar-refractivity contribution in [2.45, 2.75) is 117 Å². The molecule has 0 nitrogen and oxygen atoms in total. The number of unbranched alkanes of at least 4 members (excludes halogenated alkanes) is 4. The van der Waals surface area contributed by atoms with Crippen LogP contribution in [0.25, 0.3) is 0 Å². The maximum atomic E-state index is 3.61. The molecule has 0 unspecified atom stereocenters. The van der Waals surface area contributed by atoms with Crippen molar-refractivity contribution in [3.8, 4) is 11.8 Å². The summed E-state index contributed by atoms with van der Waals surface area (Å²) >= 11 is 0. The molecule has 166 valence electrons. The summed E-state index contributed by atoms with van der Waals surface area (Å²) in [5.41, 5.74) is 2.64. The van der Waals surface area contributed by atoms with Gasteiger partial charge in [0, 0.05) is 11.5 Å². The zero-order chi connectivity index (χ0) is 21.0. The number of hydrogen-bond donors (Lipinski definition) is 0. The first kappa shape index (κ1) is 23.4. The molecule has 0 aromatic heterocycles. The van der Waals surface area contributed by atoms with Crippen molar-refractivity contribution in [2.24, 2.45) is 23.7 Å². The molecule has 0 heterocycles. The van der Waals surface area contributed by atoms with E-state index in [-0.39, 0.29) is 0 Å². The van der Waals surface area contributed by atoms with Gasteiger partial charge in [-0.3, -0.25) is 0 Å². The van der Waals surface area contributed by atoms with E-state index in [2.05, 4.69) is 50.0 Å². The van der Waals surface area contributed by atoms with Crippen molar-refractivity contribution in [3.05, 3.63) is 35.4 Å². The van der Waals surface area contributed by atoms with Crippen molar-refractivity contribution in [1.82, 2.24) is 0 Å². The molecule has 0 aliphatic heterocycles. The fraction of sp³-hybridized carbons (Fsp3) is 0.733. The van der Waals surface area contributed by atoms with Gasteiger partial charge in [0.1, 0.15) is 0 Å². The summed E-state index contributed by atoms with van der Waals surface area (Å²) in [7, 11) is 0. The Bertz CT molecular complexity index is 627. The molecular formula is C30H46. The third-order valence-electron chi connectivity index (χ3n) is 7.96. The lowest BCUT2D eigenvalue weighted by molar-refractivity contribution is 0.153. The summed E-state index contributed by atoms with van der Waals surface area (Å²) in [6.07, 6.45) is 22.7. The molecule has 1 aromatic carbocycles. The zero-order valence-corrected chi connectivity index (χ0v) is 19.9. The van der Waals surface area contributed by atoms with E-state index >= 15 is 0 Å². The Morgan fingerprint density at radius 2 is 1.33 bits per heavy atom. The maximum Gasteiger partial charge on any atom is 0.0245 e. The van der Waals surface area contributed by atoms with E-state index in [1.165, 1.54) is 114 Å². The van der Waals surface area contributed by atoms with E-state index < -0.39 is 0 Å². The minimum Gasteiger partial charge on any atom is -0.0945 e. The number of hydrogen-bond acceptors (Lipinski definition) is 0. The molecule has 30 heavy (non-hydrogen) atoms. The van der Waals surface area contributed by atoms with E-state index in [4.69, 9.17) is 0 Å². The van der Waals surface area contributed by atoms with Crippen LogP contribution in [0.15, 0.2) is 24.3 Å². The van der Waals surface area contributed by atoms with Gasteiger partial charge in [-0.1, -0.05) is 95.6 Å². The first-order chi connectivity index (χ1) is 14.8. The highest BCUT2D eigenvalue weighted by Gasteiger charge is 2.30. The molecule has 2 aliphatic rings. The molecule has 0 N–H and O–H groups in total. The van der Waals surface area contributed by atoms with Gasteiger partial charge in [-0.2, -0.15) is 0 Å². The molecular weight excluding hydrogens is 360 g/mol. The standard InChI is InChI=1S/C30H46/c1-3-5-6-7-8-10-26-17-21-29(22-18-26)30-23-19-28(20-24-30)16-15-27-13-11-25(9-4-2)12-14-27/h11-14,26,28-30H,3-10,17-24H2,1-2H3. The van der Waals surface area contributed by atoms with Crippen molar-refractivity contribution in [3.63, 3.8) is 0 Å². The molecule has 0 radical (unpaired) electrons. The Morgan fingerprint density at radius 3 is 1.97 bits per heavy atom. The highest BCUT2D eigenvalue weighted by molar-refractivity contribution is 5.36. The van der Waals surface area contributed by atoms with Crippen molar-refractivity contribution < 1.29 is 0 Å². The Labute approximate surface area is 187 Å². The summed E-state index contributed by atoms with van der Waals surface area (Å²) in [5, 5.41) is 0. The van der Waals surface area contributed by atoms with Gasteiger partial charge in [0.05, 0.1) is 0 Å². The van der Waals surface area contributed by atoms with Gasteiger partial charge in [-0.15, -0.1) is 0 Å². The van der Waals surface area contributed by atoms with Gasteiger partial charge in [0.25, 0.3) is 0 Å². The van der Waals surface area contributed by atoms with Crippen LogP contribution >= 0.6 is 0 Å². The van der Waals surface area contributed by atoms with Gasteiger partial charge in [-0.25, -0.2) is 0 Å². The van der Waals surface area contributed by atoms with Crippen LogP contribution in [0, 0.1) is 35.5 Å². The van der Waals surface area contributed by atoms with Crippen LogP contribution in [0.4, 0.5) is 0 Å². The van der Waals surface area contributed by atoms with E-state index in [9.17, 15) is 0 Å². The highest BCUT2D eigenvalue weighted by Crippen LogP contribution is 2.42. The minimum absolute atomic E-state index is 0.635. The summed E-state index contributed by atoms with van der Waals surface area (Å²) in [4.78, 5) is 0. The molecule has 2 fully saturated rings. The first-order valence-electron chi connectivity index (χ1n) is 13.4. The molecule has 2 aliphatic carbocycles. The third kappa shape index (κ3) is 7.80. The SMILES string of the molecule is CCCCCCCC1CCC(C2CCC(C#Cc3ccc(CCC)cc3)CC2)CC1. The van der Waals surface area contributed by atoms with Crippen molar-refractivity contribution in [2.75, 3.05) is 0 Å². The van der Waals surface area contributed by atoms with Crippen LogP contribution in [-0.2, 0) is 6.42 Å². The molecule has 0 saturated heterocycles. The van der Waals surface area contributed by atoms with Gasteiger partial charge in [-0.05, 0) is 80.4 Å². The normalized spacial score (nSPS) is 26.7. The highest BCUT2D eigenvalue weighted by atomic mass is 14.4. The first-order valence-corrected chi connectivity index (χ1v) is 13.4. The Kier molecular flexibility index (Phi) is 10.4. The zero-order valence-electron chi connectivity index (χ0n) is 19.9. The number of aryl methyl sites for hydroxylation is 1. The van der Waals surface area contributed by atoms with E-state index in [1.807, 2.05) is 0 Å². The van der Waals surface area contributed by atoms with Crippen LogP contribution in [0.2, 0.25) is 0 Å². The number of benzene rings is 1. The largest absolute Gasteiger partial charge is 0.0945 e. The van der Waals surface area contributed by atoms with E-state index in [0.717, 1.165) is 17.8 Å². The summed E-state index contributed by atoms with van der Waals surface area (Å²) in [5.74, 6) is 10.8. The lowest BCUT2D eigenvalue weighted by atomic mass is 9.69. The quantitative estimate of drug-likeness (QED) is 0.283. The maximum absolute atomic E-state index is 3.61. The van der Waals surface area contributed by atoms with Gasteiger partial charge in [0.15, 0.2) is 0 Å². The molecule has 0 amide bonds. The van der Waals surface area contributed by atoms with E-state index in [0.29, 0.717) is 5.92 Å². The topological polar surface area (TPSA) is 0 Å². The molecule has 0 atom stereocenters. The van der Waals surface area contributed by atoms with Crippen LogP contribution < -0.4 is 0 Å². The second-order valence-electron chi connectivity index (χ2n) is 10.3. The monoisotopic (exact) mass is 406 g/mol. The van der Waals surface area contributed by atoms with Gasteiger partial charge < -0.3 is 0 Å². The minimum atomic E-state index is 0.635. The average molecular weight is 407 g/mol. The molecule has 0 spiro atoms. The Balaban J connectivity index is 1.33. The van der Waals surface area contributed by atoms with Crippen molar-refractivity contribution >= 4 is 0 Å². The van der Waals surface area contributed by atoms with Gasteiger partial charge in [0.2, 0.25) is 0 Å². The van der Waals surface area contributed by atoms with E-state index in [1.54, 1.807) is 0 Å². The van der Waals surface area contributed by atoms with Crippen molar-refractivity contribution in [1.29, 1.82) is 0 Å². The third-order valence-corrected chi connectivity index (χ3v) is 7.96. The smallest absolute Gasteiger partial charge is 0.0245 e. The molecule has 0 heteroatoms. The number of rotatable bonds is 9. The second kappa shape index (κ2) is 13.2. The predicted molar refractivity (Wildman–Crippen MR) is 132 cm³/mol. The molecule has 2 saturated carbocycles. The Morgan fingerprint density at radius 1 is 0.700 bits per heavy atom. The summed E-state index contributed by atoms with van der Waals surface area (Å²) in [6, 6.07) is 8.94. The fourth-order valence-corrected chi connectivity index (χ4v) is 5.95.